The monoisotopic (exact) mass is 263 g/mol. The van der Waals surface area contributed by atoms with Crippen LogP contribution in [0, 0.1) is 5.41 Å². The zero-order valence-electron chi connectivity index (χ0n) is 10.7. The Balaban J connectivity index is 2.09. The highest BCUT2D eigenvalue weighted by Crippen LogP contribution is 2.28. The molecule has 6 heteroatoms. The van der Waals surface area contributed by atoms with Crippen LogP contribution in [-0.2, 0) is 9.53 Å². The first-order valence-corrected chi connectivity index (χ1v) is 5.98. The summed E-state index contributed by atoms with van der Waals surface area (Å²) in [4.78, 5) is 23.1. The first-order chi connectivity index (χ1) is 8.93. The summed E-state index contributed by atoms with van der Waals surface area (Å²) in [5.41, 5.74) is 11.3. The van der Waals surface area contributed by atoms with E-state index in [4.69, 9.17) is 16.2 Å². The second kappa shape index (κ2) is 4.99. The predicted octanol–water partition coefficient (Wildman–Crippen LogP) is 0.0878. The van der Waals surface area contributed by atoms with Crippen molar-refractivity contribution in [1.82, 2.24) is 0 Å². The number of anilines is 1. The fraction of sp³-hybridized carbons (Fsp3) is 0.385. The summed E-state index contributed by atoms with van der Waals surface area (Å²) in [5, 5.41) is 2.77. The quantitative estimate of drug-likeness (QED) is 0.718. The van der Waals surface area contributed by atoms with Crippen molar-refractivity contribution in [2.75, 3.05) is 18.5 Å². The molecule has 5 N–H and O–H groups in total. The van der Waals surface area contributed by atoms with Gasteiger partial charge in [0, 0.05) is 17.3 Å². The van der Waals surface area contributed by atoms with Gasteiger partial charge in [0.05, 0.1) is 18.6 Å². The molecule has 19 heavy (non-hydrogen) atoms. The van der Waals surface area contributed by atoms with Gasteiger partial charge in [0.1, 0.15) is 0 Å². The highest BCUT2D eigenvalue weighted by Gasteiger charge is 2.44. The van der Waals surface area contributed by atoms with Crippen LogP contribution in [0.25, 0.3) is 0 Å². The molecule has 1 aromatic rings. The lowest BCUT2D eigenvalue weighted by atomic mass is 9.85. The third kappa shape index (κ3) is 2.59. The fourth-order valence-corrected chi connectivity index (χ4v) is 1.91. The van der Waals surface area contributed by atoms with Gasteiger partial charge in [-0.25, -0.2) is 0 Å². The molecule has 1 saturated heterocycles. The molecule has 0 aliphatic carbocycles. The van der Waals surface area contributed by atoms with E-state index in [1.54, 1.807) is 31.2 Å². The number of hydrogen-bond donors (Lipinski definition) is 3. The lowest BCUT2D eigenvalue weighted by molar-refractivity contribution is -0.125. The van der Waals surface area contributed by atoms with Gasteiger partial charge in [-0.2, -0.15) is 0 Å². The van der Waals surface area contributed by atoms with Crippen molar-refractivity contribution in [3.05, 3.63) is 29.8 Å². The van der Waals surface area contributed by atoms with E-state index in [9.17, 15) is 9.59 Å². The minimum atomic E-state index is -0.734. The number of amides is 2. The molecular formula is C13H17N3O3. The molecule has 2 unspecified atom stereocenters. The van der Waals surface area contributed by atoms with Gasteiger partial charge in [0.2, 0.25) is 11.8 Å². The highest BCUT2D eigenvalue weighted by molar-refractivity contribution is 5.97. The molecule has 0 aromatic heterocycles. The Labute approximate surface area is 111 Å². The Morgan fingerprint density at radius 2 is 2.00 bits per heavy atom. The maximum Gasteiger partial charge on any atom is 0.248 e. The van der Waals surface area contributed by atoms with E-state index in [1.165, 1.54) is 0 Å². The first kappa shape index (κ1) is 13.5. The van der Waals surface area contributed by atoms with Crippen LogP contribution in [-0.4, -0.2) is 31.1 Å². The number of rotatable bonds is 3. The Hall–Kier alpha value is -1.92. The molecular weight excluding hydrogens is 246 g/mol. The number of ether oxygens (including phenoxy) is 1. The van der Waals surface area contributed by atoms with Crippen LogP contribution in [0.15, 0.2) is 24.3 Å². The molecule has 2 amide bonds. The Bertz CT molecular complexity index is 500. The molecule has 0 saturated carbocycles. The van der Waals surface area contributed by atoms with Crippen LogP contribution in [0.4, 0.5) is 5.69 Å². The van der Waals surface area contributed by atoms with Gasteiger partial charge in [-0.1, -0.05) is 0 Å². The van der Waals surface area contributed by atoms with Crippen molar-refractivity contribution >= 4 is 17.5 Å². The average molecular weight is 263 g/mol. The standard InChI is InChI=1S/C13H17N3O3/c1-13(7-19-6-10(13)14)12(18)16-9-4-2-8(3-5-9)11(15)17/h2-5,10H,6-7,14H2,1H3,(H2,15,17)(H,16,18). The molecule has 1 fully saturated rings. The third-order valence-electron chi connectivity index (χ3n) is 3.46. The van der Waals surface area contributed by atoms with Crippen LogP contribution < -0.4 is 16.8 Å². The van der Waals surface area contributed by atoms with E-state index in [2.05, 4.69) is 5.32 Å². The van der Waals surface area contributed by atoms with Gasteiger partial charge in [-0.15, -0.1) is 0 Å². The van der Waals surface area contributed by atoms with Crippen LogP contribution in [0.5, 0.6) is 0 Å². The number of benzene rings is 1. The van der Waals surface area contributed by atoms with E-state index in [1.807, 2.05) is 0 Å². The van der Waals surface area contributed by atoms with E-state index in [0.717, 1.165) is 0 Å². The maximum absolute atomic E-state index is 12.2. The van der Waals surface area contributed by atoms with Crippen molar-refractivity contribution < 1.29 is 14.3 Å². The van der Waals surface area contributed by atoms with Crippen molar-refractivity contribution in [2.45, 2.75) is 13.0 Å². The van der Waals surface area contributed by atoms with E-state index < -0.39 is 11.3 Å². The summed E-state index contributed by atoms with van der Waals surface area (Å²) in [7, 11) is 0. The minimum absolute atomic E-state index is 0.190. The summed E-state index contributed by atoms with van der Waals surface area (Å²) < 4.78 is 5.23. The lowest BCUT2D eigenvalue weighted by Crippen LogP contribution is -2.47. The SMILES string of the molecule is CC1(C(=O)Nc2ccc(C(N)=O)cc2)COCC1N. The molecule has 2 rings (SSSR count). The van der Waals surface area contributed by atoms with Gasteiger partial charge in [-0.05, 0) is 31.2 Å². The lowest BCUT2D eigenvalue weighted by Gasteiger charge is -2.25. The molecule has 6 nitrogen and oxygen atoms in total. The minimum Gasteiger partial charge on any atom is -0.379 e. The molecule has 0 bridgehead atoms. The molecule has 1 heterocycles. The smallest absolute Gasteiger partial charge is 0.248 e. The summed E-state index contributed by atoms with van der Waals surface area (Å²) >= 11 is 0. The molecule has 1 aromatic carbocycles. The zero-order chi connectivity index (χ0) is 14.0. The number of hydrogen-bond acceptors (Lipinski definition) is 4. The van der Waals surface area contributed by atoms with E-state index in [-0.39, 0.29) is 11.9 Å². The summed E-state index contributed by atoms with van der Waals surface area (Å²) in [6.07, 6.45) is 0. The van der Waals surface area contributed by atoms with Gasteiger partial charge in [0.25, 0.3) is 0 Å². The molecule has 0 radical (unpaired) electrons. The average Bonchev–Trinajstić information content (AvgIpc) is 2.71. The Kier molecular flexibility index (Phi) is 3.55. The Morgan fingerprint density at radius 1 is 1.37 bits per heavy atom. The summed E-state index contributed by atoms with van der Waals surface area (Å²) in [6, 6.07) is 6.06. The van der Waals surface area contributed by atoms with Crippen LogP contribution >= 0.6 is 0 Å². The van der Waals surface area contributed by atoms with Crippen LogP contribution in [0.2, 0.25) is 0 Å². The van der Waals surface area contributed by atoms with Crippen molar-refractivity contribution in [2.24, 2.45) is 16.9 Å². The number of nitrogens with one attached hydrogen (secondary N) is 1. The largest absolute Gasteiger partial charge is 0.379 e. The Morgan fingerprint density at radius 3 is 2.47 bits per heavy atom. The number of primary amides is 1. The van der Waals surface area contributed by atoms with Gasteiger partial charge in [0.15, 0.2) is 0 Å². The molecule has 1 aliphatic rings. The third-order valence-corrected chi connectivity index (χ3v) is 3.46. The fourth-order valence-electron chi connectivity index (χ4n) is 1.91. The zero-order valence-corrected chi connectivity index (χ0v) is 10.7. The highest BCUT2D eigenvalue weighted by atomic mass is 16.5. The first-order valence-electron chi connectivity index (χ1n) is 5.98. The molecule has 102 valence electrons. The van der Waals surface area contributed by atoms with Crippen molar-refractivity contribution in [3.63, 3.8) is 0 Å². The van der Waals surface area contributed by atoms with Crippen LogP contribution in [0.3, 0.4) is 0 Å². The second-order valence-electron chi connectivity index (χ2n) is 4.93. The molecule has 0 spiro atoms. The van der Waals surface area contributed by atoms with E-state index in [0.29, 0.717) is 24.5 Å². The number of carbonyl (C=O) groups excluding carboxylic acids is 2. The maximum atomic E-state index is 12.2. The normalized spacial score (nSPS) is 26.1. The van der Waals surface area contributed by atoms with Crippen molar-refractivity contribution in [1.29, 1.82) is 0 Å². The van der Waals surface area contributed by atoms with Gasteiger partial charge < -0.3 is 21.5 Å². The summed E-state index contributed by atoms with van der Waals surface area (Å²) in [5.74, 6) is -0.694. The topological polar surface area (TPSA) is 107 Å². The van der Waals surface area contributed by atoms with E-state index >= 15 is 0 Å². The van der Waals surface area contributed by atoms with Gasteiger partial charge in [-0.3, -0.25) is 9.59 Å². The molecule has 1 aliphatic heterocycles. The van der Waals surface area contributed by atoms with Crippen molar-refractivity contribution in [3.8, 4) is 0 Å². The van der Waals surface area contributed by atoms with Gasteiger partial charge >= 0.3 is 0 Å². The predicted molar refractivity (Wildman–Crippen MR) is 70.5 cm³/mol. The molecule has 2 atom stereocenters. The second-order valence-corrected chi connectivity index (χ2v) is 4.93. The summed E-state index contributed by atoms with van der Waals surface area (Å²) in [6.45, 7) is 2.46. The number of carbonyl (C=O) groups is 2. The number of nitrogens with two attached hydrogens (primary N) is 2. The van der Waals surface area contributed by atoms with Crippen LogP contribution in [0.1, 0.15) is 17.3 Å².